The van der Waals surface area contributed by atoms with Crippen molar-refractivity contribution in [1.29, 1.82) is 0 Å². The molecule has 0 spiro atoms. The van der Waals surface area contributed by atoms with Crippen LogP contribution in [0.25, 0.3) is 0 Å². The molecule has 0 bridgehead atoms. The number of aliphatic hydroxyl groups excluding tert-OH is 1. The highest BCUT2D eigenvalue weighted by molar-refractivity contribution is 5.45. The van der Waals surface area contributed by atoms with E-state index in [0.29, 0.717) is 5.56 Å². The number of quaternary nitrogens is 1. The van der Waals surface area contributed by atoms with Crippen molar-refractivity contribution in [3.8, 4) is 0 Å². The molecular formula is C10H16N2O3. The fourth-order valence-corrected chi connectivity index (χ4v) is 1.21. The lowest BCUT2D eigenvalue weighted by molar-refractivity contribution is -0.00454. The largest absolute Gasteiger partial charge is 0.593 e. The van der Waals surface area contributed by atoms with Gasteiger partial charge in [0.1, 0.15) is 7.05 Å². The molecule has 0 fully saturated rings. The van der Waals surface area contributed by atoms with E-state index in [9.17, 15) is 10.4 Å². The molecule has 84 valence electrons. The average molecular weight is 212 g/mol. The van der Waals surface area contributed by atoms with E-state index in [1.165, 1.54) is 12.1 Å². The summed E-state index contributed by atoms with van der Waals surface area (Å²) in [7, 11) is 1.10. The number of hydrogen-bond acceptors (Lipinski definition) is 4. The van der Waals surface area contributed by atoms with Gasteiger partial charge in [0, 0.05) is 12.1 Å². The van der Waals surface area contributed by atoms with E-state index in [1.807, 2.05) is 0 Å². The van der Waals surface area contributed by atoms with Crippen LogP contribution in [0.4, 0.5) is 5.69 Å². The molecule has 0 aliphatic heterocycles. The maximum atomic E-state index is 11.3. The summed E-state index contributed by atoms with van der Waals surface area (Å²) >= 11 is 0. The molecule has 0 aliphatic rings. The summed E-state index contributed by atoms with van der Waals surface area (Å²) in [5, 5.41) is 29.6. The first-order chi connectivity index (χ1) is 6.77. The van der Waals surface area contributed by atoms with Crippen LogP contribution in [0.1, 0.15) is 12.5 Å². The monoisotopic (exact) mass is 212 g/mol. The van der Waals surface area contributed by atoms with Crippen molar-refractivity contribution < 1.29 is 10.3 Å². The Morgan fingerprint density at radius 1 is 1.53 bits per heavy atom. The Morgan fingerprint density at radius 3 is 2.60 bits per heavy atom. The van der Waals surface area contributed by atoms with Crippen molar-refractivity contribution in [2.75, 3.05) is 13.7 Å². The van der Waals surface area contributed by atoms with Crippen LogP contribution in [0.15, 0.2) is 24.3 Å². The summed E-state index contributed by atoms with van der Waals surface area (Å²) in [6.45, 7) is 1.42. The van der Waals surface area contributed by atoms with Crippen LogP contribution in [0.3, 0.4) is 0 Å². The highest BCUT2D eigenvalue weighted by Gasteiger charge is 2.22. The Bertz CT molecular complexity index is 345. The minimum atomic E-state index is -1.50. The van der Waals surface area contributed by atoms with Gasteiger partial charge in [0.25, 0.3) is 0 Å². The van der Waals surface area contributed by atoms with Crippen LogP contribution in [0.5, 0.6) is 0 Å². The molecule has 2 unspecified atom stereocenters. The zero-order chi connectivity index (χ0) is 11.7. The summed E-state index contributed by atoms with van der Waals surface area (Å²) in [5.74, 6) is 0. The molecule has 0 heterocycles. The standard InChI is InChI=1S/C10H16N2O3/c1-10(11,7-13)8-4-3-5-9(6-8)12(2,14)15/h3-6,13-14H,7,11H2,1-2H3. The Balaban J connectivity index is 3.14. The fourth-order valence-electron chi connectivity index (χ4n) is 1.21. The van der Waals surface area contributed by atoms with Gasteiger partial charge in [-0.2, -0.15) is 4.81 Å². The lowest BCUT2D eigenvalue weighted by Gasteiger charge is -2.30. The molecule has 4 N–H and O–H groups in total. The van der Waals surface area contributed by atoms with Gasteiger partial charge in [-0.1, -0.05) is 12.1 Å². The molecule has 1 aromatic carbocycles. The van der Waals surface area contributed by atoms with Gasteiger partial charge in [-0.3, -0.25) is 0 Å². The minimum Gasteiger partial charge on any atom is -0.593 e. The highest BCUT2D eigenvalue weighted by atomic mass is 16.8. The molecule has 1 aromatic rings. The van der Waals surface area contributed by atoms with E-state index in [2.05, 4.69) is 0 Å². The Kier molecular flexibility index (Phi) is 3.13. The van der Waals surface area contributed by atoms with Gasteiger partial charge in [0.2, 0.25) is 0 Å². The van der Waals surface area contributed by atoms with Crippen LogP contribution in [0, 0.1) is 5.21 Å². The number of nitrogens with two attached hydrogens (primary N) is 1. The van der Waals surface area contributed by atoms with Crippen molar-refractivity contribution in [3.63, 3.8) is 0 Å². The zero-order valence-corrected chi connectivity index (χ0v) is 8.84. The predicted octanol–water partition coefficient (Wildman–Crippen LogP) is 0.677. The SMILES string of the molecule is CC(N)(CO)c1cccc([N+](C)([O-])O)c1. The smallest absolute Gasteiger partial charge is 0.165 e. The first-order valence-electron chi connectivity index (χ1n) is 4.58. The topological polar surface area (TPSA) is 89.5 Å². The molecule has 2 atom stereocenters. The molecule has 0 amide bonds. The van der Waals surface area contributed by atoms with E-state index in [1.54, 1.807) is 19.1 Å². The second kappa shape index (κ2) is 3.88. The third-order valence-corrected chi connectivity index (χ3v) is 2.31. The molecule has 5 nitrogen and oxygen atoms in total. The minimum absolute atomic E-state index is 0.178. The van der Waals surface area contributed by atoms with Crippen molar-refractivity contribution in [3.05, 3.63) is 35.0 Å². The fraction of sp³-hybridized carbons (Fsp3) is 0.400. The first kappa shape index (κ1) is 12.1. The molecule has 0 aromatic heterocycles. The van der Waals surface area contributed by atoms with Gasteiger partial charge >= 0.3 is 0 Å². The highest BCUT2D eigenvalue weighted by Crippen LogP contribution is 2.24. The van der Waals surface area contributed by atoms with Gasteiger partial charge < -0.3 is 16.0 Å². The van der Waals surface area contributed by atoms with E-state index in [-0.39, 0.29) is 12.3 Å². The second-order valence-electron chi connectivity index (χ2n) is 4.01. The molecular weight excluding hydrogens is 196 g/mol. The van der Waals surface area contributed by atoms with Gasteiger partial charge in [0.05, 0.1) is 12.1 Å². The van der Waals surface area contributed by atoms with Crippen LogP contribution in [-0.4, -0.2) is 24.0 Å². The van der Waals surface area contributed by atoms with Crippen LogP contribution in [0.2, 0.25) is 0 Å². The Labute approximate surface area is 88.5 Å². The van der Waals surface area contributed by atoms with E-state index in [4.69, 9.17) is 10.8 Å². The van der Waals surface area contributed by atoms with Crippen molar-refractivity contribution >= 4 is 5.69 Å². The maximum Gasteiger partial charge on any atom is 0.165 e. The molecule has 15 heavy (non-hydrogen) atoms. The molecule has 1 rings (SSSR count). The van der Waals surface area contributed by atoms with Crippen LogP contribution >= 0.6 is 0 Å². The normalized spacial score (nSPS) is 19.3. The van der Waals surface area contributed by atoms with Gasteiger partial charge in [0.15, 0.2) is 5.69 Å². The first-order valence-corrected chi connectivity index (χ1v) is 4.58. The third-order valence-electron chi connectivity index (χ3n) is 2.31. The van der Waals surface area contributed by atoms with E-state index >= 15 is 0 Å². The molecule has 0 saturated carbocycles. The molecule has 0 aliphatic carbocycles. The van der Waals surface area contributed by atoms with Crippen LogP contribution < -0.4 is 10.5 Å². The summed E-state index contributed by atoms with van der Waals surface area (Å²) in [6.07, 6.45) is 0. The number of rotatable bonds is 3. The van der Waals surface area contributed by atoms with Crippen LogP contribution in [-0.2, 0) is 5.54 Å². The molecule has 0 radical (unpaired) electrons. The number of aliphatic hydroxyl groups is 1. The quantitative estimate of drug-likeness (QED) is 0.507. The van der Waals surface area contributed by atoms with Gasteiger partial charge in [-0.05, 0) is 12.5 Å². The number of benzene rings is 1. The van der Waals surface area contributed by atoms with Crippen molar-refractivity contribution in [2.45, 2.75) is 12.5 Å². The average Bonchev–Trinajstić information content (AvgIpc) is 2.17. The number of hydrogen-bond donors (Lipinski definition) is 3. The lowest BCUT2D eigenvalue weighted by atomic mass is 9.94. The van der Waals surface area contributed by atoms with Gasteiger partial charge in [-0.15, -0.1) is 0 Å². The molecule has 5 heteroatoms. The summed E-state index contributed by atoms with van der Waals surface area (Å²) in [6, 6.07) is 6.32. The lowest BCUT2D eigenvalue weighted by Crippen LogP contribution is -2.38. The summed E-state index contributed by atoms with van der Waals surface area (Å²) in [5.41, 5.74) is 5.68. The second-order valence-corrected chi connectivity index (χ2v) is 4.01. The van der Waals surface area contributed by atoms with E-state index < -0.39 is 10.3 Å². The summed E-state index contributed by atoms with van der Waals surface area (Å²) < 4.78 is 0. The predicted molar refractivity (Wildman–Crippen MR) is 57.9 cm³/mol. The maximum absolute atomic E-state index is 11.3. The van der Waals surface area contributed by atoms with E-state index in [0.717, 1.165) is 7.05 Å². The Hall–Kier alpha value is -0.980. The molecule has 0 saturated heterocycles. The number of hydroxylamine groups is 2. The third kappa shape index (κ3) is 2.74. The zero-order valence-electron chi connectivity index (χ0n) is 8.84. The van der Waals surface area contributed by atoms with Gasteiger partial charge in [-0.25, -0.2) is 5.21 Å². The number of nitrogens with zero attached hydrogens (tertiary/aromatic N) is 1. The van der Waals surface area contributed by atoms with Crippen molar-refractivity contribution in [1.82, 2.24) is 4.81 Å². The Morgan fingerprint density at radius 2 is 2.13 bits per heavy atom. The van der Waals surface area contributed by atoms with Crippen molar-refractivity contribution in [2.24, 2.45) is 5.73 Å². The summed E-state index contributed by atoms with van der Waals surface area (Å²) in [4.78, 5) is -1.50.